The third kappa shape index (κ3) is 7.90. The van der Waals surface area contributed by atoms with Gasteiger partial charge in [0, 0.05) is 6.20 Å². The molecule has 5 N–H and O–H groups in total. The zero-order chi connectivity index (χ0) is 31.8. The standard InChI is InChI=1S/C34H40N4O6/c1-21(2)31-27(37-34(43)28(38(3)4)30(40)24-13-9-6-10-14-24)33(42)36-26(29(39)23-11-7-5-8-12-23)32(41)35-20-19-22-15-17-25(44-31)18-16-22/h5-21,26-31,39-40H,1-4H3,(H,35,41)(H,36,42)(H,37,43)/t26-,27-,28+,29-,30-,31-/m1/s1. The molecule has 2 aliphatic rings. The average Bonchev–Trinajstić information content (AvgIpc) is 3.02. The van der Waals surface area contributed by atoms with Crippen molar-refractivity contribution in [3.63, 3.8) is 0 Å². The summed E-state index contributed by atoms with van der Waals surface area (Å²) in [6.07, 6.45) is -0.377. The highest BCUT2D eigenvalue weighted by Crippen LogP contribution is 2.24. The molecule has 3 aromatic rings. The van der Waals surface area contributed by atoms with Gasteiger partial charge in [0.1, 0.15) is 42.2 Å². The summed E-state index contributed by atoms with van der Waals surface area (Å²) in [6.45, 7) is 3.70. The second-order valence-electron chi connectivity index (χ2n) is 11.3. The molecule has 2 heterocycles. The summed E-state index contributed by atoms with van der Waals surface area (Å²) < 4.78 is 6.31. The van der Waals surface area contributed by atoms with Gasteiger partial charge < -0.3 is 30.9 Å². The van der Waals surface area contributed by atoms with Crippen LogP contribution in [0.25, 0.3) is 6.08 Å². The van der Waals surface area contributed by atoms with Gasteiger partial charge in [-0.15, -0.1) is 0 Å². The molecule has 232 valence electrons. The largest absolute Gasteiger partial charge is 0.487 e. The van der Waals surface area contributed by atoms with Crippen LogP contribution in [0, 0.1) is 5.92 Å². The summed E-state index contributed by atoms with van der Waals surface area (Å²) >= 11 is 0. The Labute approximate surface area is 257 Å². The van der Waals surface area contributed by atoms with Crippen molar-refractivity contribution in [2.75, 3.05) is 14.1 Å². The molecule has 2 bridgehead atoms. The molecule has 6 atom stereocenters. The van der Waals surface area contributed by atoms with Gasteiger partial charge in [-0.05, 0) is 54.9 Å². The van der Waals surface area contributed by atoms with E-state index in [1.54, 1.807) is 104 Å². The van der Waals surface area contributed by atoms with Gasteiger partial charge in [-0.25, -0.2) is 0 Å². The normalized spacial score (nSPS) is 21.0. The molecule has 10 heteroatoms. The Balaban J connectivity index is 1.74. The maximum absolute atomic E-state index is 14.1. The van der Waals surface area contributed by atoms with Crippen molar-refractivity contribution in [1.29, 1.82) is 0 Å². The van der Waals surface area contributed by atoms with E-state index < -0.39 is 54.2 Å². The van der Waals surface area contributed by atoms with Gasteiger partial charge in [0.25, 0.3) is 0 Å². The number of rotatable bonds is 8. The lowest BCUT2D eigenvalue weighted by Crippen LogP contribution is -2.62. The second kappa shape index (κ2) is 14.8. The van der Waals surface area contributed by atoms with Crippen LogP contribution in [-0.4, -0.2) is 71.2 Å². The molecule has 0 aromatic heterocycles. The second-order valence-corrected chi connectivity index (χ2v) is 11.3. The number of likely N-dealkylation sites (N-methyl/N-ethyl adjacent to an activating group) is 1. The van der Waals surface area contributed by atoms with E-state index >= 15 is 0 Å². The van der Waals surface area contributed by atoms with Crippen molar-refractivity contribution in [3.8, 4) is 5.75 Å². The number of nitrogens with one attached hydrogen (secondary N) is 3. The Hall–Kier alpha value is -4.51. The summed E-state index contributed by atoms with van der Waals surface area (Å²) in [4.78, 5) is 43.0. The van der Waals surface area contributed by atoms with E-state index in [1.807, 2.05) is 19.9 Å². The van der Waals surface area contributed by atoms with Gasteiger partial charge in [-0.2, -0.15) is 0 Å². The van der Waals surface area contributed by atoms with Crippen molar-refractivity contribution in [2.24, 2.45) is 5.92 Å². The first-order valence-electron chi connectivity index (χ1n) is 14.5. The number of nitrogens with zero attached hydrogens (tertiary/aromatic N) is 1. The maximum Gasteiger partial charge on any atom is 0.249 e. The highest BCUT2D eigenvalue weighted by molar-refractivity contribution is 5.94. The molecule has 0 fully saturated rings. The number of fused-ring (bicyclic) bond motifs is 10. The molecule has 10 nitrogen and oxygen atoms in total. The van der Waals surface area contributed by atoms with E-state index in [0.717, 1.165) is 5.56 Å². The minimum atomic E-state index is -1.41. The van der Waals surface area contributed by atoms with Crippen LogP contribution in [0.15, 0.2) is 91.1 Å². The van der Waals surface area contributed by atoms with Gasteiger partial charge in [-0.1, -0.05) is 86.6 Å². The number of carbonyl (C=O) groups excluding carboxylic acids is 3. The number of benzene rings is 3. The Kier molecular flexibility index (Phi) is 10.9. The van der Waals surface area contributed by atoms with Gasteiger partial charge in [-0.3, -0.25) is 19.3 Å². The SMILES string of the molecule is CC(C)[C@H]1Oc2ccc(cc2)C=CNC(=O)[C@@H]([C@H](O)c2ccccc2)NC(=O)[C@@H]1NC(=O)[C@H]([C@H](O)c1ccccc1)N(C)C. The first kappa shape index (κ1) is 32.4. The Morgan fingerprint density at radius 3 is 2.02 bits per heavy atom. The van der Waals surface area contributed by atoms with Crippen molar-refractivity contribution in [3.05, 3.63) is 108 Å². The molecule has 0 saturated heterocycles. The zero-order valence-electron chi connectivity index (χ0n) is 25.3. The van der Waals surface area contributed by atoms with Crippen LogP contribution in [0.2, 0.25) is 0 Å². The predicted octanol–water partition coefficient (Wildman–Crippen LogP) is 2.56. The first-order valence-corrected chi connectivity index (χ1v) is 14.5. The number of ether oxygens (including phenoxy) is 1. The average molecular weight is 601 g/mol. The van der Waals surface area contributed by atoms with Crippen molar-refractivity contribution in [1.82, 2.24) is 20.9 Å². The molecule has 3 aromatic carbocycles. The van der Waals surface area contributed by atoms with Gasteiger partial charge in [0.05, 0.1) is 0 Å². The van der Waals surface area contributed by atoms with E-state index in [0.29, 0.717) is 16.9 Å². The summed E-state index contributed by atoms with van der Waals surface area (Å²) in [5, 5.41) is 30.6. The first-order chi connectivity index (χ1) is 21.1. The molecule has 0 saturated carbocycles. The fourth-order valence-electron chi connectivity index (χ4n) is 5.12. The number of aliphatic hydroxyl groups excluding tert-OH is 2. The lowest BCUT2D eigenvalue weighted by atomic mass is 9.95. The van der Waals surface area contributed by atoms with E-state index in [4.69, 9.17) is 4.74 Å². The van der Waals surface area contributed by atoms with E-state index in [2.05, 4.69) is 16.0 Å². The van der Waals surface area contributed by atoms with Crippen molar-refractivity contribution < 1.29 is 29.3 Å². The number of carbonyl (C=O) groups is 3. The highest BCUT2D eigenvalue weighted by Gasteiger charge is 2.40. The van der Waals surface area contributed by atoms with Gasteiger partial charge in [0.2, 0.25) is 17.7 Å². The number of hydrogen-bond acceptors (Lipinski definition) is 7. The smallest absolute Gasteiger partial charge is 0.249 e. The summed E-state index contributed by atoms with van der Waals surface area (Å²) in [7, 11) is 3.32. The van der Waals surface area contributed by atoms with Gasteiger partial charge >= 0.3 is 0 Å². The van der Waals surface area contributed by atoms with Crippen LogP contribution < -0.4 is 20.7 Å². The zero-order valence-corrected chi connectivity index (χ0v) is 25.3. The lowest BCUT2D eigenvalue weighted by Gasteiger charge is -2.35. The molecule has 0 radical (unpaired) electrons. The van der Waals surface area contributed by atoms with Crippen LogP contribution in [-0.2, 0) is 14.4 Å². The summed E-state index contributed by atoms with van der Waals surface area (Å²) in [5.74, 6) is -1.83. The van der Waals surface area contributed by atoms with Crippen molar-refractivity contribution >= 4 is 23.8 Å². The minimum absolute atomic E-state index is 0.290. The van der Waals surface area contributed by atoms with E-state index in [9.17, 15) is 24.6 Å². The number of amides is 3. The highest BCUT2D eigenvalue weighted by atomic mass is 16.5. The van der Waals surface area contributed by atoms with Crippen LogP contribution in [0.5, 0.6) is 5.75 Å². The molecule has 0 aliphatic carbocycles. The molecule has 0 spiro atoms. The van der Waals surface area contributed by atoms with Crippen molar-refractivity contribution in [2.45, 2.75) is 50.3 Å². The monoisotopic (exact) mass is 600 g/mol. The number of aliphatic hydroxyl groups is 2. The Bertz CT molecular complexity index is 1430. The molecule has 0 unspecified atom stereocenters. The van der Waals surface area contributed by atoms with Crippen LogP contribution in [0.1, 0.15) is 42.7 Å². The Morgan fingerprint density at radius 1 is 0.864 bits per heavy atom. The molecular weight excluding hydrogens is 560 g/mol. The predicted molar refractivity (Wildman–Crippen MR) is 167 cm³/mol. The molecule has 5 rings (SSSR count). The maximum atomic E-state index is 14.1. The molecular formula is C34H40N4O6. The van der Waals surface area contributed by atoms with E-state index in [-0.39, 0.29) is 5.92 Å². The van der Waals surface area contributed by atoms with Crippen LogP contribution >= 0.6 is 0 Å². The molecule has 44 heavy (non-hydrogen) atoms. The van der Waals surface area contributed by atoms with Crippen LogP contribution in [0.4, 0.5) is 0 Å². The third-order valence-corrected chi connectivity index (χ3v) is 7.52. The topological polar surface area (TPSA) is 140 Å². The fraction of sp³-hybridized carbons (Fsp3) is 0.324. The lowest BCUT2D eigenvalue weighted by molar-refractivity contribution is -0.139. The third-order valence-electron chi connectivity index (χ3n) is 7.52. The molecule has 3 amide bonds. The molecule has 2 aliphatic heterocycles. The number of hydrogen-bond donors (Lipinski definition) is 5. The van der Waals surface area contributed by atoms with Gasteiger partial charge in [0.15, 0.2) is 0 Å². The quantitative estimate of drug-likeness (QED) is 0.268. The van der Waals surface area contributed by atoms with Crippen LogP contribution in [0.3, 0.4) is 0 Å². The fourth-order valence-corrected chi connectivity index (χ4v) is 5.12. The van der Waals surface area contributed by atoms with E-state index in [1.165, 1.54) is 6.20 Å². The Morgan fingerprint density at radius 2 is 1.45 bits per heavy atom. The summed E-state index contributed by atoms with van der Waals surface area (Å²) in [6, 6.07) is 20.6. The minimum Gasteiger partial charge on any atom is -0.487 e. The summed E-state index contributed by atoms with van der Waals surface area (Å²) in [5.41, 5.74) is 1.74.